The van der Waals surface area contributed by atoms with Gasteiger partial charge in [-0.3, -0.25) is 14.4 Å². The zero-order valence-electron chi connectivity index (χ0n) is 18.6. The third-order valence-corrected chi connectivity index (χ3v) is 5.97. The average Bonchev–Trinajstić information content (AvgIpc) is 3.62. The molecule has 2 aliphatic rings. The molecule has 7 nitrogen and oxygen atoms in total. The van der Waals surface area contributed by atoms with Crippen molar-refractivity contribution in [2.45, 2.75) is 19.3 Å². The zero-order valence-corrected chi connectivity index (χ0v) is 18.6. The van der Waals surface area contributed by atoms with Gasteiger partial charge in [-0.1, -0.05) is 24.3 Å². The summed E-state index contributed by atoms with van der Waals surface area (Å²) in [4.78, 5) is 39.0. The van der Waals surface area contributed by atoms with Crippen molar-refractivity contribution >= 4 is 34.8 Å². The number of hydrogen-bond donors (Lipinski definition) is 2. The molecule has 7 heteroatoms. The summed E-state index contributed by atoms with van der Waals surface area (Å²) >= 11 is 0. The lowest BCUT2D eigenvalue weighted by atomic mass is 10.1. The second-order valence-corrected chi connectivity index (χ2v) is 8.54. The van der Waals surface area contributed by atoms with Crippen molar-refractivity contribution in [3.8, 4) is 5.75 Å². The molecular formula is C27H25N3O4. The van der Waals surface area contributed by atoms with Crippen LogP contribution >= 0.6 is 0 Å². The maximum absolute atomic E-state index is 12.9. The third kappa shape index (κ3) is 4.93. The number of para-hydroxylation sites is 1. The van der Waals surface area contributed by atoms with E-state index in [1.807, 2.05) is 24.3 Å². The van der Waals surface area contributed by atoms with Gasteiger partial charge in [-0.15, -0.1) is 0 Å². The fourth-order valence-electron chi connectivity index (χ4n) is 4.00. The Morgan fingerprint density at radius 3 is 2.47 bits per heavy atom. The first-order valence-electron chi connectivity index (χ1n) is 11.4. The topological polar surface area (TPSA) is 87.7 Å². The lowest BCUT2D eigenvalue weighted by Gasteiger charge is -2.17. The molecule has 1 aliphatic heterocycles. The Labute approximate surface area is 197 Å². The van der Waals surface area contributed by atoms with Crippen LogP contribution in [0, 0.1) is 5.92 Å². The first-order chi connectivity index (χ1) is 16.6. The van der Waals surface area contributed by atoms with Crippen LogP contribution in [0.5, 0.6) is 5.75 Å². The number of carbonyl (C=O) groups is 3. The van der Waals surface area contributed by atoms with Crippen LogP contribution in [0.2, 0.25) is 0 Å². The number of nitrogens with one attached hydrogen (secondary N) is 2. The van der Waals surface area contributed by atoms with Gasteiger partial charge in [0.05, 0.1) is 0 Å². The van der Waals surface area contributed by atoms with Crippen molar-refractivity contribution < 1.29 is 19.1 Å². The molecule has 0 radical (unpaired) electrons. The van der Waals surface area contributed by atoms with Gasteiger partial charge in [-0.05, 0) is 67.3 Å². The molecule has 1 saturated carbocycles. The molecule has 0 spiro atoms. The van der Waals surface area contributed by atoms with Crippen LogP contribution in [0.25, 0.3) is 0 Å². The predicted molar refractivity (Wildman–Crippen MR) is 130 cm³/mol. The number of rotatable bonds is 7. The zero-order chi connectivity index (χ0) is 23.5. The van der Waals surface area contributed by atoms with E-state index in [2.05, 4.69) is 10.6 Å². The molecule has 0 unspecified atom stereocenters. The summed E-state index contributed by atoms with van der Waals surface area (Å²) in [6.07, 6.45) is 2.72. The molecule has 2 N–H and O–H groups in total. The molecule has 0 saturated heterocycles. The van der Waals surface area contributed by atoms with E-state index in [1.54, 1.807) is 53.4 Å². The Morgan fingerprint density at radius 2 is 1.68 bits per heavy atom. The number of nitrogens with zero attached hydrogens (tertiary/aromatic N) is 1. The lowest BCUT2D eigenvalue weighted by Crippen LogP contribution is -2.28. The van der Waals surface area contributed by atoms with E-state index in [9.17, 15) is 14.4 Å². The fourth-order valence-corrected chi connectivity index (χ4v) is 4.00. The molecule has 3 aromatic carbocycles. The maximum Gasteiger partial charge on any atom is 0.262 e. The quantitative estimate of drug-likeness (QED) is 0.557. The summed E-state index contributed by atoms with van der Waals surface area (Å²) in [5.74, 6) is 0.254. The predicted octanol–water partition coefficient (Wildman–Crippen LogP) is 4.26. The van der Waals surface area contributed by atoms with Crippen LogP contribution in [0.3, 0.4) is 0 Å². The summed E-state index contributed by atoms with van der Waals surface area (Å²) in [5, 5.41) is 5.64. The van der Waals surface area contributed by atoms with Crippen LogP contribution in [0.15, 0.2) is 72.8 Å². The normalized spacial score (nSPS) is 14.3. The number of benzene rings is 3. The second-order valence-electron chi connectivity index (χ2n) is 8.54. The Kier molecular flexibility index (Phi) is 5.99. The maximum atomic E-state index is 12.9. The van der Waals surface area contributed by atoms with Crippen molar-refractivity contribution in [2.75, 3.05) is 28.7 Å². The highest BCUT2D eigenvalue weighted by Crippen LogP contribution is 2.31. The van der Waals surface area contributed by atoms with Crippen LogP contribution in [0.4, 0.5) is 17.1 Å². The molecule has 3 amide bonds. The van der Waals surface area contributed by atoms with Gasteiger partial charge in [0, 0.05) is 41.2 Å². The van der Waals surface area contributed by atoms with E-state index in [0.29, 0.717) is 29.2 Å². The van der Waals surface area contributed by atoms with Crippen molar-refractivity contribution in [2.24, 2.45) is 5.92 Å². The smallest absolute Gasteiger partial charge is 0.262 e. The molecular weight excluding hydrogens is 430 g/mol. The van der Waals surface area contributed by atoms with Crippen LogP contribution in [-0.4, -0.2) is 30.9 Å². The Hall–Kier alpha value is -4.13. The van der Waals surface area contributed by atoms with Crippen LogP contribution in [0.1, 0.15) is 28.8 Å². The van der Waals surface area contributed by atoms with Crippen molar-refractivity contribution in [3.63, 3.8) is 0 Å². The van der Waals surface area contributed by atoms with Crippen molar-refractivity contribution in [3.05, 3.63) is 83.9 Å². The number of ether oxygens (including phenoxy) is 1. The van der Waals surface area contributed by atoms with E-state index in [-0.39, 0.29) is 30.2 Å². The molecule has 172 valence electrons. The molecule has 0 aromatic heterocycles. The number of amides is 3. The standard InChI is InChI=1S/C27H25N3O4/c31-25(17-34-23-6-3-5-22(16-23)29-26(32)19-8-9-19)28-21-12-10-20(11-13-21)27(33)30-15-14-18-4-1-2-7-24(18)30/h1-7,10-13,16,19H,8-9,14-15,17H2,(H,28,31)(H,29,32). The number of fused-ring (bicyclic) bond motifs is 1. The van der Waals surface area contributed by atoms with Crippen molar-refractivity contribution in [1.82, 2.24) is 0 Å². The fraction of sp³-hybridized carbons (Fsp3) is 0.222. The van der Waals surface area contributed by atoms with Gasteiger partial charge in [0.15, 0.2) is 6.61 Å². The van der Waals surface area contributed by atoms with Gasteiger partial charge < -0.3 is 20.3 Å². The molecule has 0 atom stereocenters. The summed E-state index contributed by atoms with van der Waals surface area (Å²) in [6, 6.07) is 21.8. The molecule has 5 rings (SSSR count). The Bertz CT molecular complexity index is 1230. The summed E-state index contributed by atoms with van der Waals surface area (Å²) < 4.78 is 5.58. The van der Waals surface area contributed by atoms with E-state index in [1.165, 1.54) is 5.56 Å². The third-order valence-electron chi connectivity index (χ3n) is 5.97. The van der Waals surface area contributed by atoms with Gasteiger partial charge >= 0.3 is 0 Å². The minimum absolute atomic E-state index is 0.0192. The molecule has 1 fully saturated rings. The minimum atomic E-state index is -0.319. The minimum Gasteiger partial charge on any atom is -0.484 e. The summed E-state index contributed by atoms with van der Waals surface area (Å²) in [6.45, 7) is 0.491. The monoisotopic (exact) mass is 455 g/mol. The SMILES string of the molecule is O=C(COc1cccc(NC(=O)C2CC2)c1)Nc1ccc(C(=O)N2CCc3ccccc32)cc1. The van der Waals surface area contributed by atoms with E-state index in [4.69, 9.17) is 4.74 Å². The summed E-state index contributed by atoms with van der Waals surface area (Å²) in [7, 11) is 0. The van der Waals surface area contributed by atoms with E-state index in [0.717, 1.165) is 24.9 Å². The number of hydrogen-bond acceptors (Lipinski definition) is 4. The van der Waals surface area contributed by atoms with Gasteiger partial charge in [0.25, 0.3) is 11.8 Å². The molecule has 3 aromatic rings. The van der Waals surface area contributed by atoms with Gasteiger partial charge in [0.2, 0.25) is 5.91 Å². The van der Waals surface area contributed by atoms with E-state index < -0.39 is 0 Å². The number of anilines is 3. The highest BCUT2D eigenvalue weighted by molar-refractivity contribution is 6.07. The highest BCUT2D eigenvalue weighted by atomic mass is 16.5. The number of carbonyl (C=O) groups excluding carboxylic acids is 3. The largest absolute Gasteiger partial charge is 0.484 e. The molecule has 1 heterocycles. The molecule has 34 heavy (non-hydrogen) atoms. The molecule has 0 bridgehead atoms. The van der Waals surface area contributed by atoms with Gasteiger partial charge in [-0.2, -0.15) is 0 Å². The van der Waals surface area contributed by atoms with Gasteiger partial charge in [0.1, 0.15) is 5.75 Å². The van der Waals surface area contributed by atoms with Crippen molar-refractivity contribution in [1.29, 1.82) is 0 Å². The van der Waals surface area contributed by atoms with E-state index >= 15 is 0 Å². The first-order valence-corrected chi connectivity index (χ1v) is 11.4. The second kappa shape index (κ2) is 9.39. The molecule has 1 aliphatic carbocycles. The van der Waals surface area contributed by atoms with Crippen LogP contribution in [-0.2, 0) is 16.0 Å². The van der Waals surface area contributed by atoms with Crippen LogP contribution < -0.4 is 20.3 Å². The van der Waals surface area contributed by atoms with Gasteiger partial charge in [-0.25, -0.2) is 0 Å². The Morgan fingerprint density at radius 1 is 0.882 bits per heavy atom. The summed E-state index contributed by atoms with van der Waals surface area (Å²) in [5.41, 5.74) is 3.93. The first kappa shape index (κ1) is 21.7. The Balaban J connectivity index is 1.14. The lowest BCUT2D eigenvalue weighted by molar-refractivity contribution is -0.118. The highest BCUT2D eigenvalue weighted by Gasteiger charge is 2.29. The average molecular weight is 456 g/mol.